The van der Waals surface area contributed by atoms with E-state index >= 15 is 0 Å². The Morgan fingerprint density at radius 1 is 0.941 bits per heavy atom. The van der Waals surface area contributed by atoms with Crippen LogP contribution in [0.2, 0.25) is 9.95 Å². The van der Waals surface area contributed by atoms with E-state index in [0.29, 0.717) is 0 Å². The van der Waals surface area contributed by atoms with Crippen molar-refractivity contribution in [1.82, 2.24) is 0 Å². The first-order valence-corrected chi connectivity index (χ1v) is 12.2. The van der Waals surface area contributed by atoms with Crippen LogP contribution in [0.15, 0.2) is 24.3 Å². The molecule has 0 saturated heterocycles. The number of anilines is 1. The molecule has 17 heavy (non-hydrogen) atoms. The van der Waals surface area contributed by atoms with Gasteiger partial charge in [-0.15, -0.1) is 0 Å². The van der Waals surface area contributed by atoms with Crippen molar-refractivity contribution in [3.8, 4) is 0 Å². The number of nitrogens with zero attached hydrogens (tertiary/aromatic N) is 1. The summed E-state index contributed by atoms with van der Waals surface area (Å²) < 4.78 is 0. The summed E-state index contributed by atoms with van der Waals surface area (Å²) >= 11 is -1.01. The average molecular weight is 290 g/mol. The van der Waals surface area contributed by atoms with Gasteiger partial charge in [-0.1, -0.05) is 0 Å². The zero-order valence-electron chi connectivity index (χ0n) is 11.9. The Labute approximate surface area is 112 Å². The fourth-order valence-electron chi connectivity index (χ4n) is 2.44. The molecule has 0 amide bonds. The molecule has 0 fully saturated rings. The van der Waals surface area contributed by atoms with Gasteiger partial charge >= 0.3 is 112 Å². The Bertz CT molecular complexity index is 316. The molecule has 0 unspecified atom stereocenters. The molecular weight excluding hydrogens is 264 g/mol. The Hall–Kier alpha value is -0.344. The van der Waals surface area contributed by atoms with Gasteiger partial charge in [-0.2, -0.15) is 0 Å². The molecule has 0 saturated carbocycles. The van der Waals surface area contributed by atoms with Crippen LogP contribution in [0.4, 0.5) is 5.69 Å². The summed E-state index contributed by atoms with van der Waals surface area (Å²) in [6, 6.07) is 9.02. The van der Waals surface area contributed by atoms with Crippen molar-refractivity contribution in [3.63, 3.8) is 0 Å². The third kappa shape index (κ3) is 4.11. The van der Waals surface area contributed by atoms with E-state index in [4.69, 9.17) is 0 Å². The van der Waals surface area contributed by atoms with Crippen molar-refractivity contribution in [2.45, 2.75) is 42.6 Å². The van der Waals surface area contributed by atoms with Gasteiger partial charge in [-0.3, -0.25) is 0 Å². The van der Waals surface area contributed by atoms with E-state index in [2.05, 4.69) is 56.9 Å². The van der Waals surface area contributed by atoms with E-state index in [1.807, 2.05) is 0 Å². The molecule has 0 aliphatic heterocycles. The van der Waals surface area contributed by atoms with Gasteiger partial charge in [0.25, 0.3) is 0 Å². The normalized spacial score (nSPS) is 10.4. The predicted octanol–water partition coefficient (Wildman–Crippen LogP) is 4.15. The molecule has 0 N–H and O–H groups in total. The maximum atomic E-state index is 2.49. The molecule has 0 bridgehead atoms. The van der Waals surface area contributed by atoms with E-state index in [0.717, 1.165) is 13.1 Å². The van der Waals surface area contributed by atoms with E-state index in [-0.39, 0.29) is 0 Å². The van der Waals surface area contributed by atoms with Crippen molar-refractivity contribution in [1.29, 1.82) is 0 Å². The standard InChI is InChI=1S/C11H16N.2C2H5.Ga/c1-4-12(5-2)11-9-7-6-8-10(11)3;2*1-2;/h6-9H,3-5H2,1-2H3;2*1H2,2H3;. The number of para-hydroxylation sites is 1. The predicted molar refractivity (Wildman–Crippen MR) is 80.4 cm³/mol. The van der Waals surface area contributed by atoms with Gasteiger partial charge < -0.3 is 0 Å². The molecule has 0 spiro atoms. The molecule has 1 aromatic rings. The van der Waals surface area contributed by atoms with Gasteiger partial charge in [0.15, 0.2) is 0 Å². The molecule has 1 aromatic carbocycles. The monoisotopic (exact) mass is 289 g/mol. The number of benzene rings is 1. The summed E-state index contributed by atoms with van der Waals surface area (Å²) in [5, 5.41) is 0. The SMILES string of the molecule is CCN(CC)c1ccccc1[CH2][Ga]([CH2]C)[CH2]C. The van der Waals surface area contributed by atoms with Crippen LogP contribution in [-0.4, -0.2) is 29.3 Å². The fourth-order valence-corrected chi connectivity index (χ4v) is 6.90. The minimum absolute atomic E-state index is 1.01. The quantitative estimate of drug-likeness (QED) is 0.682. The third-order valence-corrected chi connectivity index (χ3v) is 10.7. The van der Waals surface area contributed by atoms with Gasteiger partial charge in [0.1, 0.15) is 0 Å². The topological polar surface area (TPSA) is 3.24 Å². The van der Waals surface area contributed by atoms with Crippen molar-refractivity contribution >= 4 is 21.9 Å². The average Bonchev–Trinajstić information content (AvgIpc) is 2.39. The molecule has 2 heteroatoms. The zero-order chi connectivity index (χ0) is 12.7. The summed E-state index contributed by atoms with van der Waals surface area (Å²) in [6.07, 6.45) is 0. The van der Waals surface area contributed by atoms with E-state index < -0.39 is 16.2 Å². The van der Waals surface area contributed by atoms with Gasteiger partial charge in [-0.05, 0) is 0 Å². The van der Waals surface area contributed by atoms with Crippen molar-refractivity contribution < 1.29 is 0 Å². The second-order valence-corrected chi connectivity index (χ2v) is 12.6. The first-order chi connectivity index (χ1) is 8.26. The van der Waals surface area contributed by atoms with E-state index in [9.17, 15) is 0 Å². The van der Waals surface area contributed by atoms with Crippen LogP contribution in [0.5, 0.6) is 0 Å². The number of hydrogen-bond donors (Lipinski definition) is 0. The number of hydrogen-bond acceptors (Lipinski definition) is 1. The maximum absolute atomic E-state index is 2.49. The van der Waals surface area contributed by atoms with Crippen LogP contribution >= 0.6 is 0 Å². The molecule has 0 atom stereocenters. The Balaban J connectivity index is 2.90. The van der Waals surface area contributed by atoms with Crippen LogP contribution in [0.1, 0.15) is 33.3 Å². The van der Waals surface area contributed by atoms with Crippen LogP contribution in [0.25, 0.3) is 0 Å². The second-order valence-electron chi connectivity index (χ2n) is 4.69. The van der Waals surface area contributed by atoms with Gasteiger partial charge in [-0.25, -0.2) is 0 Å². The molecular formula is C15H26GaN. The molecule has 0 aromatic heterocycles. The second kappa shape index (κ2) is 7.88. The molecule has 0 aliphatic rings. The van der Waals surface area contributed by atoms with Crippen LogP contribution < -0.4 is 4.90 Å². The Morgan fingerprint density at radius 2 is 1.53 bits per heavy atom. The molecule has 1 nitrogen and oxygen atoms in total. The Kier molecular flexibility index (Phi) is 6.82. The van der Waals surface area contributed by atoms with Crippen molar-refractivity contribution in [2.24, 2.45) is 0 Å². The zero-order valence-corrected chi connectivity index (χ0v) is 14.3. The molecule has 1 rings (SSSR count). The first-order valence-electron chi connectivity index (χ1n) is 7.09. The van der Waals surface area contributed by atoms with Gasteiger partial charge in [0.05, 0.1) is 0 Å². The van der Waals surface area contributed by atoms with Crippen molar-refractivity contribution in [2.75, 3.05) is 18.0 Å². The number of rotatable bonds is 7. The van der Waals surface area contributed by atoms with Crippen LogP contribution in [-0.2, 0) is 4.98 Å². The van der Waals surface area contributed by atoms with Crippen molar-refractivity contribution in [3.05, 3.63) is 29.8 Å². The third-order valence-electron chi connectivity index (χ3n) is 3.76. The van der Waals surface area contributed by atoms with Crippen LogP contribution in [0.3, 0.4) is 0 Å². The van der Waals surface area contributed by atoms with E-state index in [1.54, 1.807) is 5.56 Å². The fraction of sp³-hybridized carbons (Fsp3) is 0.600. The summed E-state index contributed by atoms with van der Waals surface area (Å²) in [7, 11) is 0. The molecule has 94 valence electrons. The summed E-state index contributed by atoms with van der Waals surface area (Å²) in [4.78, 5) is 6.83. The summed E-state index contributed by atoms with van der Waals surface area (Å²) in [6.45, 7) is 11.5. The van der Waals surface area contributed by atoms with Crippen LogP contribution in [0, 0.1) is 0 Å². The van der Waals surface area contributed by atoms with Gasteiger partial charge in [0.2, 0.25) is 0 Å². The summed E-state index contributed by atoms with van der Waals surface area (Å²) in [5.41, 5.74) is 3.08. The minimum atomic E-state index is -1.01. The first kappa shape index (κ1) is 14.7. The molecule has 0 heterocycles. The summed E-state index contributed by atoms with van der Waals surface area (Å²) in [5.74, 6) is 0. The molecule has 0 aliphatic carbocycles. The van der Waals surface area contributed by atoms with Gasteiger partial charge in [0, 0.05) is 0 Å². The van der Waals surface area contributed by atoms with E-state index in [1.165, 1.54) is 20.6 Å². The Morgan fingerprint density at radius 3 is 2.06 bits per heavy atom. The molecule has 0 radical (unpaired) electrons.